The standard InChI is InChI=1S/C13H10FN5O/c14-10-6-7-11(15-8-10)9-18-13(20)19(17-16-18)12-4-2-1-3-5-12/h1-8H,9H2. The third-order valence-corrected chi connectivity index (χ3v) is 2.74. The molecule has 0 amide bonds. The van der Waals surface area contributed by atoms with Crippen molar-refractivity contribution in [3.8, 4) is 5.69 Å². The SMILES string of the molecule is O=c1n(Cc2ccc(F)cn2)nnn1-c1ccccc1. The molecule has 7 heteroatoms. The number of hydrogen-bond acceptors (Lipinski definition) is 4. The number of benzene rings is 1. The van der Waals surface area contributed by atoms with Gasteiger partial charge in [-0.05, 0) is 34.7 Å². The summed E-state index contributed by atoms with van der Waals surface area (Å²) >= 11 is 0. The topological polar surface area (TPSA) is 65.6 Å². The average Bonchev–Trinajstić information content (AvgIpc) is 2.84. The Morgan fingerprint density at radius 2 is 1.85 bits per heavy atom. The van der Waals surface area contributed by atoms with Gasteiger partial charge in [-0.3, -0.25) is 4.98 Å². The number of halogens is 1. The van der Waals surface area contributed by atoms with Crippen LogP contribution >= 0.6 is 0 Å². The fourth-order valence-electron chi connectivity index (χ4n) is 1.76. The van der Waals surface area contributed by atoms with E-state index in [1.807, 2.05) is 18.2 Å². The Balaban J connectivity index is 1.91. The highest BCUT2D eigenvalue weighted by Crippen LogP contribution is 2.02. The van der Waals surface area contributed by atoms with E-state index < -0.39 is 5.82 Å². The van der Waals surface area contributed by atoms with Crippen molar-refractivity contribution >= 4 is 0 Å². The predicted octanol–water partition coefficient (Wildman–Crippen LogP) is 1.01. The Kier molecular flexibility index (Phi) is 3.08. The summed E-state index contributed by atoms with van der Waals surface area (Å²) in [7, 11) is 0. The van der Waals surface area contributed by atoms with E-state index in [1.54, 1.807) is 12.1 Å². The van der Waals surface area contributed by atoms with Crippen LogP contribution in [0.3, 0.4) is 0 Å². The van der Waals surface area contributed by atoms with Gasteiger partial charge in [-0.25, -0.2) is 9.18 Å². The second-order valence-electron chi connectivity index (χ2n) is 4.13. The van der Waals surface area contributed by atoms with Crippen LogP contribution in [0.1, 0.15) is 5.69 Å². The quantitative estimate of drug-likeness (QED) is 0.713. The Hall–Kier alpha value is -2.83. The van der Waals surface area contributed by atoms with Gasteiger partial charge in [-0.15, -0.1) is 0 Å². The maximum atomic E-state index is 12.8. The minimum absolute atomic E-state index is 0.145. The first-order valence-electron chi connectivity index (χ1n) is 5.93. The third kappa shape index (κ3) is 2.33. The molecule has 0 aliphatic heterocycles. The van der Waals surface area contributed by atoms with E-state index >= 15 is 0 Å². The van der Waals surface area contributed by atoms with Gasteiger partial charge in [-0.2, -0.15) is 9.36 Å². The largest absolute Gasteiger partial charge is 0.368 e. The molecule has 0 atom stereocenters. The summed E-state index contributed by atoms with van der Waals surface area (Å²) in [6.45, 7) is 0.145. The Morgan fingerprint density at radius 1 is 1.05 bits per heavy atom. The predicted molar refractivity (Wildman–Crippen MR) is 68.9 cm³/mol. The summed E-state index contributed by atoms with van der Waals surface area (Å²) in [4.78, 5) is 16.0. The van der Waals surface area contributed by atoms with Crippen LogP contribution in [0.5, 0.6) is 0 Å². The van der Waals surface area contributed by atoms with Crippen molar-refractivity contribution in [3.05, 3.63) is 70.7 Å². The molecule has 0 aliphatic rings. The Bertz CT molecular complexity index is 763. The van der Waals surface area contributed by atoms with Crippen molar-refractivity contribution in [3.63, 3.8) is 0 Å². The number of rotatable bonds is 3. The molecule has 3 rings (SSSR count). The van der Waals surface area contributed by atoms with E-state index in [0.717, 1.165) is 6.20 Å². The van der Waals surface area contributed by atoms with Crippen LogP contribution in [-0.4, -0.2) is 24.8 Å². The van der Waals surface area contributed by atoms with Crippen molar-refractivity contribution in [2.75, 3.05) is 0 Å². The first kappa shape index (κ1) is 12.2. The molecule has 0 spiro atoms. The number of para-hydroxylation sites is 1. The molecular formula is C13H10FN5O. The maximum absolute atomic E-state index is 12.8. The third-order valence-electron chi connectivity index (χ3n) is 2.74. The Labute approximate surface area is 113 Å². The lowest BCUT2D eigenvalue weighted by molar-refractivity contribution is 0.601. The van der Waals surface area contributed by atoms with Crippen LogP contribution < -0.4 is 5.69 Å². The van der Waals surface area contributed by atoms with Gasteiger partial charge in [0.2, 0.25) is 0 Å². The first-order valence-corrected chi connectivity index (χ1v) is 5.93. The fraction of sp³-hybridized carbons (Fsp3) is 0.0769. The molecule has 100 valence electrons. The highest BCUT2D eigenvalue weighted by atomic mass is 19.1. The summed E-state index contributed by atoms with van der Waals surface area (Å²) in [6.07, 6.45) is 1.10. The van der Waals surface area contributed by atoms with Crippen molar-refractivity contribution < 1.29 is 4.39 Å². The molecule has 1 aromatic carbocycles. The molecule has 20 heavy (non-hydrogen) atoms. The summed E-state index contributed by atoms with van der Waals surface area (Å²) in [6, 6.07) is 11.8. The first-order chi connectivity index (χ1) is 9.74. The second kappa shape index (κ2) is 5.04. The molecule has 0 fully saturated rings. The fourth-order valence-corrected chi connectivity index (χ4v) is 1.76. The second-order valence-corrected chi connectivity index (χ2v) is 4.13. The van der Waals surface area contributed by atoms with Crippen LogP contribution in [0, 0.1) is 5.82 Å². The molecule has 0 aliphatic carbocycles. The number of nitrogens with zero attached hydrogens (tertiary/aromatic N) is 5. The van der Waals surface area contributed by atoms with Gasteiger partial charge in [0, 0.05) is 0 Å². The molecule has 2 aromatic heterocycles. The molecular weight excluding hydrogens is 261 g/mol. The normalized spacial score (nSPS) is 10.7. The van der Waals surface area contributed by atoms with E-state index in [9.17, 15) is 9.18 Å². The lowest BCUT2D eigenvalue weighted by Gasteiger charge is -1.98. The zero-order chi connectivity index (χ0) is 13.9. The van der Waals surface area contributed by atoms with Gasteiger partial charge >= 0.3 is 5.69 Å². The zero-order valence-corrected chi connectivity index (χ0v) is 10.3. The monoisotopic (exact) mass is 271 g/mol. The molecule has 2 heterocycles. The Morgan fingerprint density at radius 3 is 2.55 bits per heavy atom. The molecule has 0 N–H and O–H groups in total. The minimum atomic E-state index is -0.422. The molecule has 0 saturated carbocycles. The summed E-state index contributed by atoms with van der Waals surface area (Å²) in [5, 5.41) is 7.61. The highest BCUT2D eigenvalue weighted by Gasteiger charge is 2.09. The maximum Gasteiger partial charge on any atom is 0.368 e. The van der Waals surface area contributed by atoms with Crippen molar-refractivity contribution in [1.29, 1.82) is 0 Å². The summed E-state index contributed by atoms with van der Waals surface area (Å²) in [5.74, 6) is -0.422. The number of hydrogen-bond donors (Lipinski definition) is 0. The molecule has 0 unspecified atom stereocenters. The van der Waals surface area contributed by atoms with Crippen molar-refractivity contribution in [2.45, 2.75) is 6.54 Å². The van der Waals surface area contributed by atoms with Crippen LogP contribution in [0.15, 0.2) is 53.5 Å². The van der Waals surface area contributed by atoms with E-state index in [1.165, 1.54) is 21.5 Å². The van der Waals surface area contributed by atoms with Crippen LogP contribution in [-0.2, 0) is 6.54 Å². The minimum Gasteiger partial charge on any atom is -0.256 e. The zero-order valence-electron chi connectivity index (χ0n) is 10.3. The van der Waals surface area contributed by atoms with Gasteiger partial charge < -0.3 is 0 Å². The number of aromatic nitrogens is 5. The van der Waals surface area contributed by atoms with Crippen LogP contribution in [0.2, 0.25) is 0 Å². The highest BCUT2D eigenvalue weighted by molar-refractivity contribution is 5.28. The van der Waals surface area contributed by atoms with E-state index in [0.29, 0.717) is 11.4 Å². The molecule has 0 bridgehead atoms. The van der Waals surface area contributed by atoms with Crippen LogP contribution in [0.25, 0.3) is 5.69 Å². The average molecular weight is 271 g/mol. The van der Waals surface area contributed by atoms with E-state index in [2.05, 4.69) is 15.4 Å². The lowest BCUT2D eigenvalue weighted by Crippen LogP contribution is -2.25. The van der Waals surface area contributed by atoms with Crippen molar-refractivity contribution in [1.82, 2.24) is 24.8 Å². The summed E-state index contributed by atoms with van der Waals surface area (Å²) < 4.78 is 15.1. The lowest BCUT2D eigenvalue weighted by atomic mass is 10.3. The molecule has 6 nitrogen and oxygen atoms in total. The molecule has 3 aromatic rings. The number of tetrazole rings is 1. The van der Waals surface area contributed by atoms with Gasteiger partial charge in [0.1, 0.15) is 5.82 Å². The molecule has 0 saturated heterocycles. The molecule has 0 radical (unpaired) electrons. The van der Waals surface area contributed by atoms with Crippen LogP contribution in [0.4, 0.5) is 4.39 Å². The van der Waals surface area contributed by atoms with Gasteiger partial charge in [0.05, 0.1) is 24.1 Å². The van der Waals surface area contributed by atoms with E-state index in [-0.39, 0.29) is 12.2 Å². The number of pyridine rings is 1. The summed E-state index contributed by atoms with van der Waals surface area (Å²) in [5.41, 5.74) is 0.798. The van der Waals surface area contributed by atoms with Gasteiger partial charge in [-0.1, -0.05) is 18.2 Å². The van der Waals surface area contributed by atoms with E-state index in [4.69, 9.17) is 0 Å². The van der Waals surface area contributed by atoms with Gasteiger partial charge in [0.15, 0.2) is 0 Å². The van der Waals surface area contributed by atoms with Gasteiger partial charge in [0.25, 0.3) is 0 Å². The smallest absolute Gasteiger partial charge is 0.256 e. The van der Waals surface area contributed by atoms with Crippen molar-refractivity contribution in [2.24, 2.45) is 0 Å².